The molecule has 2 rings (SSSR count). The molecule has 100 valence electrons. The van der Waals surface area contributed by atoms with Crippen LogP contribution in [0.2, 0.25) is 0 Å². The lowest BCUT2D eigenvalue weighted by Crippen LogP contribution is -1.97. The lowest BCUT2D eigenvalue weighted by atomic mass is 10.3. The number of hydrogen-bond acceptors (Lipinski definition) is 2. The van der Waals surface area contributed by atoms with Gasteiger partial charge in [0.25, 0.3) is 0 Å². The summed E-state index contributed by atoms with van der Waals surface area (Å²) in [6, 6.07) is 4.03. The maximum absolute atomic E-state index is 13.6. The number of aromatic nitrogens is 1. The Morgan fingerprint density at radius 1 is 1.16 bits per heavy atom. The lowest BCUT2D eigenvalue weighted by molar-refractivity contribution is 0.402. The van der Waals surface area contributed by atoms with E-state index in [4.69, 9.17) is 16.3 Å². The molecular formula is C12H6Br2ClF2NO. The van der Waals surface area contributed by atoms with Gasteiger partial charge in [0.2, 0.25) is 11.7 Å². The molecule has 0 radical (unpaired) electrons. The van der Waals surface area contributed by atoms with Gasteiger partial charge in [0, 0.05) is 20.7 Å². The first-order valence-corrected chi connectivity index (χ1v) is 7.16. The average Bonchev–Trinajstić information content (AvgIpc) is 2.37. The zero-order valence-electron chi connectivity index (χ0n) is 9.26. The second kappa shape index (κ2) is 6.15. The molecule has 0 aliphatic carbocycles. The molecule has 1 heterocycles. The van der Waals surface area contributed by atoms with Crippen molar-refractivity contribution in [3.05, 3.63) is 50.5 Å². The van der Waals surface area contributed by atoms with Crippen LogP contribution in [0, 0.1) is 11.6 Å². The van der Waals surface area contributed by atoms with Crippen molar-refractivity contribution in [2.24, 2.45) is 0 Å². The molecule has 2 aromatic rings. The van der Waals surface area contributed by atoms with Gasteiger partial charge in [-0.1, -0.05) is 15.9 Å². The van der Waals surface area contributed by atoms with E-state index in [0.717, 1.165) is 10.5 Å². The highest BCUT2D eigenvalue weighted by Gasteiger charge is 2.14. The van der Waals surface area contributed by atoms with Crippen molar-refractivity contribution in [3.63, 3.8) is 0 Å². The average molecular weight is 413 g/mol. The molecule has 0 unspecified atom stereocenters. The SMILES string of the molecule is Fc1cc(Br)cc(Oc2ncc(Br)cc2CCl)c1F. The van der Waals surface area contributed by atoms with Crippen LogP contribution in [0.15, 0.2) is 33.3 Å². The topological polar surface area (TPSA) is 22.1 Å². The molecule has 0 saturated heterocycles. The Morgan fingerprint density at radius 2 is 1.89 bits per heavy atom. The first-order valence-electron chi connectivity index (χ1n) is 5.04. The number of hydrogen-bond donors (Lipinski definition) is 0. The molecule has 0 aliphatic rings. The van der Waals surface area contributed by atoms with E-state index >= 15 is 0 Å². The third-order valence-corrected chi connectivity index (χ3v) is 3.38. The van der Waals surface area contributed by atoms with Gasteiger partial charge in [-0.15, -0.1) is 11.6 Å². The second-order valence-corrected chi connectivity index (χ2v) is 5.65. The summed E-state index contributed by atoms with van der Waals surface area (Å²) in [6.07, 6.45) is 1.48. The molecule has 0 amide bonds. The Bertz CT molecular complexity index is 625. The number of halogens is 5. The van der Waals surface area contributed by atoms with Crippen LogP contribution in [-0.2, 0) is 5.88 Å². The molecule has 0 bridgehead atoms. The Balaban J connectivity index is 2.41. The summed E-state index contributed by atoms with van der Waals surface area (Å²) in [5.74, 6) is -2.06. The van der Waals surface area contributed by atoms with E-state index in [1.54, 1.807) is 6.07 Å². The van der Waals surface area contributed by atoms with Crippen LogP contribution in [0.1, 0.15) is 5.56 Å². The van der Waals surface area contributed by atoms with E-state index in [1.165, 1.54) is 12.3 Å². The van der Waals surface area contributed by atoms with Crippen LogP contribution in [0.5, 0.6) is 11.6 Å². The maximum atomic E-state index is 13.6. The third-order valence-electron chi connectivity index (χ3n) is 2.20. The fourth-order valence-corrected chi connectivity index (χ4v) is 2.35. The number of nitrogens with zero attached hydrogens (tertiary/aromatic N) is 1. The molecule has 0 saturated carbocycles. The summed E-state index contributed by atoms with van der Waals surface area (Å²) in [5, 5.41) is 0. The van der Waals surface area contributed by atoms with Gasteiger partial charge < -0.3 is 4.74 Å². The van der Waals surface area contributed by atoms with E-state index in [0.29, 0.717) is 10.0 Å². The third kappa shape index (κ3) is 3.43. The van der Waals surface area contributed by atoms with E-state index in [9.17, 15) is 8.78 Å². The summed E-state index contributed by atoms with van der Waals surface area (Å²) in [7, 11) is 0. The fraction of sp³-hybridized carbons (Fsp3) is 0.0833. The number of pyridine rings is 1. The van der Waals surface area contributed by atoms with Crippen molar-refractivity contribution in [1.82, 2.24) is 4.98 Å². The summed E-state index contributed by atoms with van der Waals surface area (Å²) >= 11 is 12.1. The molecule has 1 aromatic heterocycles. The van der Waals surface area contributed by atoms with E-state index in [1.807, 2.05) is 0 Å². The highest BCUT2D eigenvalue weighted by Crippen LogP contribution is 2.31. The second-order valence-electron chi connectivity index (χ2n) is 3.55. The number of rotatable bonds is 3. The molecule has 0 fully saturated rings. The molecule has 0 spiro atoms. The van der Waals surface area contributed by atoms with Crippen molar-refractivity contribution >= 4 is 43.5 Å². The van der Waals surface area contributed by atoms with Crippen LogP contribution < -0.4 is 4.74 Å². The van der Waals surface area contributed by atoms with Gasteiger partial charge in [0.1, 0.15) is 0 Å². The molecule has 0 aliphatic heterocycles. The van der Waals surface area contributed by atoms with Crippen LogP contribution in [-0.4, -0.2) is 4.98 Å². The van der Waals surface area contributed by atoms with Gasteiger partial charge in [-0.05, 0) is 34.1 Å². The van der Waals surface area contributed by atoms with Crippen LogP contribution in [0.3, 0.4) is 0 Å². The fourth-order valence-electron chi connectivity index (χ4n) is 1.37. The predicted molar refractivity (Wildman–Crippen MR) is 75.6 cm³/mol. The van der Waals surface area contributed by atoms with Gasteiger partial charge in [-0.2, -0.15) is 4.39 Å². The minimum Gasteiger partial charge on any atom is -0.435 e. The van der Waals surface area contributed by atoms with Gasteiger partial charge in [-0.25, -0.2) is 9.37 Å². The quantitative estimate of drug-likeness (QED) is 0.496. The van der Waals surface area contributed by atoms with E-state index in [-0.39, 0.29) is 17.5 Å². The monoisotopic (exact) mass is 411 g/mol. The zero-order chi connectivity index (χ0) is 14.0. The largest absolute Gasteiger partial charge is 0.435 e. The molecule has 7 heteroatoms. The normalized spacial score (nSPS) is 10.6. The Kier molecular flexibility index (Phi) is 4.76. The van der Waals surface area contributed by atoms with E-state index < -0.39 is 11.6 Å². The molecular weight excluding hydrogens is 407 g/mol. The van der Waals surface area contributed by atoms with Crippen LogP contribution in [0.25, 0.3) is 0 Å². The molecule has 0 atom stereocenters. The van der Waals surface area contributed by atoms with E-state index in [2.05, 4.69) is 36.8 Å². The first-order chi connectivity index (χ1) is 9.01. The number of alkyl halides is 1. The van der Waals surface area contributed by atoms with Crippen LogP contribution >= 0.6 is 43.5 Å². The van der Waals surface area contributed by atoms with Crippen LogP contribution in [0.4, 0.5) is 8.78 Å². The highest BCUT2D eigenvalue weighted by atomic mass is 79.9. The summed E-state index contributed by atoms with van der Waals surface area (Å²) in [5.41, 5.74) is 0.566. The number of benzene rings is 1. The van der Waals surface area contributed by atoms with Gasteiger partial charge in [0.05, 0.1) is 5.88 Å². The predicted octanol–water partition coefficient (Wildman–Crippen LogP) is 5.42. The van der Waals surface area contributed by atoms with Crippen molar-refractivity contribution in [2.75, 3.05) is 0 Å². The molecule has 2 nitrogen and oxygen atoms in total. The Hall–Kier alpha value is -0.720. The number of ether oxygens (including phenoxy) is 1. The summed E-state index contributed by atoms with van der Waals surface area (Å²) < 4.78 is 33.2. The van der Waals surface area contributed by atoms with Crippen molar-refractivity contribution in [1.29, 1.82) is 0 Å². The summed E-state index contributed by atoms with van der Waals surface area (Å²) in [4.78, 5) is 3.99. The maximum Gasteiger partial charge on any atom is 0.223 e. The smallest absolute Gasteiger partial charge is 0.223 e. The molecule has 0 N–H and O–H groups in total. The lowest BCUT2D eigenvalue weighted by Gasteiger charge is -2.10. The molecule has 1 aromatic carbocycles. The minimum atomic E-state index is -1.08. The first kappa shape index (κ1) is 14.7. The minimum absolute atomic E-state index is 0.134. The highest BCUT2D eigenvalue weighted by molar-refractivity contribution is 9.10. The van der Waals surface area contributed by atoms with Crippen molar-refractivity contribution in [2.45, 2.75) is 5.88 Å². The zero-order valence-corrected chi connectivity index (χ0v) is 13.2. The van der Waals surface area contributed by atoms with Gasteiger partial charge >= 0.3 is 0 Å². The van der Waals surface area contributed by atoms with Gasteiger partial charge in [0.15, 0.2) is 11.6 Å². The van der Waals surface area contributed by atoms with Crippen molar-refractivity contribution < 1.29 is 13.5 Å². The summed E-state index contributed by atoms with van der Waals surface area (Å²) in [6.45, 7) is 0. The standard InChI is InChI=1S/C12H6Br2ClF2NO/c13-7-2-9(16)11(17)10(3-7)19-12-6(4-15)1-8(14)5-18-12/h1-3,5H,4H2. The van der Waals surface area contributed by atoms with Gasteiger partial charge in [-0.3, -0.25) is 0 Å². The van der Waals surface area contributed by atoms with Crippen molar-refractivity contribution in [3.8, 4) is 11.6 Å². The Labute approximate surface area is 130 Å². The molecule has 19 heavy (non-hydrogen) atoms. The Morgan fingerprint density at radius 3 is 2.58 bits per heavy atom.